The van der Waals surface area contributed by atoms with E-state index in [-0.39, 0.29) is 5.91 Å². The Morgan fingerprint density at radius 1 is 1.27 bits per heavy atom. The van der Waals surface area contributed by atoms with Crippen molar-refractivity contribution in [2.75, 3.05) is 7.05 Å². The first-order chi connectivity index (χ1) is 10.4. The molecule has 0 bridgehead atoms. The summed E-state index contributed by atoms with van der Waals surface area (Å²) in [6, 6.07) is 8.16. The Morgan fingerprint density at radius 2 is 2.00 bits per heavy atom. The zero-order valence-corrected chi connectivity index (χ0v) is 14.0. The van der Waals surface area contributed by atoms with E-state index in [4.69, 9.17) is 4.52 Å². The number of aryl methyl sites for hydroxylation is 2. The van der Waals surface area contributed by atoms with Gasteiger partial charge in [0.25, 0.3) is 0 Å². The number of nitrogens with zero attached hydrogens (tertiary/aromatic N) is 2. The summed E-state index contributed by atoms with van der Waals surface area (Å²) in [7, 11) is 1.80. The largest absolute Gasteiger partial charge is 0.356 e. The molecular formula is C18H24N2O2. The minimum Gasteiger partial charge on any atom is -0.356 e. The second kappa shape index (κ2) is 6.77. The molecule has 1 aromatic heterocycles. The van der Waals surface area contributed by atoms with E-state index < -0.39 is 0 Å². The van der Waals surface area contributed by atoms with Crippen LogP contribution in [0.15, 0.2) is 28.8 Å². The number of hydrogen-bond acceptors (Lipinski definition) is 3. The Kier molecular flexibility index (Phi) is 5.01. The van der Waals surface area contributed by atoms with Gasteiger partial charge in [-0.15, -0.1) is 0 Å². The predicted octanol–water partition coefficient (Wildman–Crippen LogP) is 3.96. The van der Waals surface area contributed by atoms with E-state index in [9.17, 15) is 4.79 Å². The molecule has 4 heteroatoms. The lowest BCUT2D eigenvalue weighted by Crippen LogP contribution is -2.27. The Balaban J connectivity index is 2.11. The standard InChI is InChI=1S/C18H24N2O2/c1-12(2)8-18(21)20(5)11-15-10-17(22-19-15)16-9-13(3)6-7-14(16)4/h6-7,9-10,12H,8,11H2,1-5H3. The van der Waals surface area contributed by atoms with Gasteiger partial charge in [-0.25, -0.2) is 0 Å². The number of hydrogen-bond donors (Lipinski definition) is 0. The van der Waals surface area contributed by atoms with E-state index >= 15 is 0 Å². The number of carbonyl (C=O) groups excluding carboxylic acids is 1. The summed E-state index contributed by atoms with van der Waals surface area (Å²) in [5.41, 5.74) is 4.16. The van der Waals surface area contributed by atoms with Crippen LogP contribution < -0.4 is 0 Å². The minimum absolute atomic E-state index is 0.131. The summed E-state index contributed by atoms with van der Waals surface area (Å²) in [5.74, 6) is 1.24. The van der Waals surface area contributed by atoms with Gasteiger partial charge in [-0.1, -0.05) is 36.7 Å². The first-order valence-corrected chi connectivity index (χ1v) is 7.64. The van der Waals surface area contributed by atoms with E-state index in [1.807, 2.05) is 19.9 Å². The van der Waals surface area contributed by atoms with Crippen LogP contribution in [0.4, 0.5) is 0 Å². The molecule has 0 aliphatic heterocycles. The minimum atomic E-state index is 0.131. The molecule has 1 aromatic carbocycles. The van der Waals surface area contributed by atoms with Crippen molar-refractivity contribution in [2.24, 2.45) is 5.92 Å². The molecule has 2 rings (SSSR count). The highest BCUT2D eigenvalue weighted by Gasteiger charge is 2.15. The zero-order chi connectivity index (χ0) is 16.3. The molecule has 0 saturated carbocycles. The lowest BCUT2D eigenvalue weighted by Gasteiger charge is -2.16. The smallest absolute Gasteiger partial charge is 0.222 e. The van der Waals surface area contributed by atoms with Gasteiger partial charge >= 0.3 is 0 Å². The average molecular weight is 300 g/mol. The van der Waals surface area contributed by atoms with Crippen molar-refractivity contribution in [3.63, 3.8) is 0 Å². The number of carbonyl (C=O) groups is 1. The third-order valence-corrected chi connectivity index (χ3v) is 3.63. The Hall–Kier alpha value is -2.10. The van der Waals surface area contributed by atoms with Crippen molar-refractivity contribution in [2.45, 2.75) is 40.7 Å². The topological polar surface area (TPSA) is 46.3 Å². The van der Waals surface area contributed by atoms with Gasteiger partial charge in [0, 0.05) is 25.1 Å². The second-order valence-electron chi connectivity index (χ2n) is 6.35. The Bertz CT molecular complexity index is 659. The molecule has 0 radical (unpaired) electrons. The van der Waals surface area contributed by atoms with Gasteiger partial charge in [-0.05, 0) is 31.4 Å². The van der Waals surface area contributed by atoms with Crippen molar-refractivity contribution in [3.8, 4) is 11.3 Å². The lowest BCUT2D eigenvalue weighted by molar-refractivity contribution is -0.131. The zero-order valence-electron chi connectivity index (χ0n) is 14.0. The van der Waals surface area contributed by atoms with Gasteiger partial charge in [-0.2, -0.15) is 0 Å². The quantitative estimate of drug-likeness (QED) is 0.839. The van der Waals surface area contributed by atoms with Gasteiger partial charge in [0.05, 0.1) is 6.54 Å². The first-order valence-electron chi connectivity index (χ1n) is 7.64. The second-order valence-corrected chi connectivity index (χ2v) is 6.35. The summed E-state index contributed by atoms with van der Waals surface area (Å²) < 4.78 is 5.46. The van der Waals surface area contributed by atoms with Crippen LogP contribution in [0.25, 0.3) is 11.3 Å². The van der Waals surface area contributed by atoms with Gasteiger partial charge < -0.3 is 9.42 Å². The number of rotatable bonds is 5. The molecule has 0 unspecified atom stereocenters. The monoisotopic (exact) mass is 300 g/mol. The fraction of sp³-hybridized carbons (Fsp3) is 0.444. The maximum atomic E-state index is 12.0. The van der Waals surface area contributed by atoms with Crippen LogP contribution in [0.5, 0.6) is 0 Å². The Morgan fingerprint density at radius 3 is 2.68 bits per heavy atom. The summed E-state index contributed by atoms with van der Waals surface area (Å²) in [6.45, 7) is 8.66. The van der Waals surface area contributed by atoms with Crippen LogP contribution in [0.1, 0.15) is 37.1 Å². The third-order valence-electron chi connectivity index (χ3n) is 3.63. The highest BCUT2D eigenvalue weighted by Crippen LogP contribution is 2.25. The summed E-state index contributed by atoms with van der Waals surface area (Å²) in [6.07, 6.45) is 0.554. The maximum absolute atomic E-state index is 12.0. The highest BCUT2D eigenvalue weighted by molar-refractivity contribution is 5.76. The molecule has 1 amide bonds. The molecule has 1 heterocycles. The molecule has 118 valence electrons. The number of amides is 1. The molecule has 0 spiro atoms. The summed E-state index contributed by atoms with van der Waals surface area (Å²) >= 11 is 0. The average Bonchev–Trinajstić information content (AvgIpc) is 2.89. The molecule has 0 N–H and O–H groups in total. The van der Waals surface area contributed by atoms with Crippen LogP contribution in [-0.2, 0) is 11.3 Å². The molecule has 0 atom stereocenters. The molecule has 4 nitrogen and oxygen atoms in total. The predicted molar refractivity (Wildman–Crippen MR) is 87.3 cm³/mol. The fourth-order valence-electron chi connectivity index (χ4n) is 2.35. The van der Waals surface area contributed by atoms with E-state index in [1.54, 1.807) is 11.9 Å². The van der Waals surface area contributed by atoms with Crippen LogP contribution in [0.3, 0.4) is 0 Å². The molecule has 2 aromatic rings. The summed E-state index contributed by atoms with van der Waals surface area (Å²) in [4.78, 5) is 13.7. The van der Waals surface area contributed by atoms with Gasteiger partial charge in [0.15, 0.2) is 5.76 Å². The van der Waals surface area contributed by atoms with Gasteiger partial charge in [-0.3, -0.25) is 4.79 Å². The lowest BCUT2D eigenvalue weighted by atomic mass is 10.0. The van der Waals surface area contributed by atoms with Crippen molar-refractivity contribution >= 4 is 5.91 Å². The first kappa shape index (κ1) is 16.3. The van der Waals surface area contributed by atoms with Crippen LogP contribution in [-0.4, -0.2) is 23.0 Å². The molecular weight excluding hydrogens is 276 g/mol. The summed E-state index contributed by atoms with van der Waals surface area (Å²) in [5, 5.41) is 4.10. The van der Waals surface area contributed by atoms with Gasteiger partial charge in [0.1, 0.15) is 5.69 Å². The SMILES string of the molecule is Cc1ccc(C)c(-c2cc(CN(C)C(=O)CC(C)C)no2)c1. The molecule has 0 aliphatic rings. The third kappa shape index (κ3) is 3.97. The van der Waals surface area contributed by atoms with E-state index in [2.05, 4.69) is 37.2 Å². The van der Waals surface area contributed by atoms with Crippen molar-refractivity contribution in [1.29, 1.82) is 0 Å². The van der Waals surface area contributed by atoms with Crippen LogP contribution in [0, 0.1) is 19.8 Å². The Labute approximate surface area is 132 Å². The normalized spacial score (nSPS) is 11.0. The molecule has 22 heavy (non-hydrogen) atoms. The van der Waals surface area contributed by atoms with Crippen molar-refractivity contribution in [1.82, 2.24) is 10.1 Å². The molecule has 0 saturated heterocycles. The molecule has 0 aliphatic carbocycles. The number of benzene rings is 1. The fourth-order valence-corrected chi connectivity index (χ4v) is 2.35. The number of aromatic nitrogens is 1. The van der Waals surface area contributed by atoms with E-state index in [0.29, 0.717) is 18.9 Å². The van der Waals surface area contributed by atoms with E-state index in [1.165, 1.54) is 5.56 Å². The van der Waals surface area contributed by atoms with Crippen LogP contribution >= 0.6 is 0 Å². The van der Waals surface area contributed by atoms with E-state index in [0.717, 1.165) is 22.6 Å². The van der Waals surface area contributed by atoms with Gasteiger partial charge in [0.2, 0.25) is 5.91 Å². The maximum Gasteiger partial charge on any atom is 0.222 e. The van der Waals surface area contributed by atoms with Crippen LogP contribution in [0.2, 0.25) is 0 Å². The van der Waals surface area contributed by atoms with Crippen molar-refractivity contribution < 1.29 is 9.32 Å². The van der Waals surface area contributed by atoms with Crippen molar-refractivity contribution in [3.05, 3.63) is 41.1 Å². The highest BCUT2D eigenvalue weighted by atomic mass is 16.5. The molecule has 0 fully saturated rings.